The highest BCUT2D eigenvalue weighted by atomic mass is 16.4. The summed E-state index contributed by atoms with van der Waals surface area (Å²) in [5.74, 6) is -1.16. The highest BCUT2D eigenvalue weighted by Crippen LogP contribution is 2.09. The molecule has 1 N–H and O–H groups in total. The summed E-state index contributed by atoms with van der Waals surface area (Å²) in [7, 11) is 1.57. The summed E-state index contributed by atoms with van der Waals surface area (Å²) >= 11 is 0. The van der Waals surface area contributed by atoms with E-state index in [4.69, 9.17) is 5.11 Å². The third kappa shape index (κ3) is 3.16. The summed E-state index contributed by atoms with van der Waals surface area (Å²) in [4.78, 5) is 23.9. The molecule has 0 radical (unpaired) electrons. The van der Waals surface area contributed by atoms with Gasteiger partial charge >= 0.3 is 5.97 Å². The van der Waals surface area contributed by atoms with Crippen LogP contribution in [-0.4, -0.2) is 55.7 Å². The SMILES string of the molecule is CN(CCC(=O)O)C(=O)c1ccc(-n2cnnn2)cc1. The average molecular weight is 275 g/mol. The Morgan fingerprint density at radius 3 is 2.55 bits per heavy atom. The molecule has 0 unspecified atom stereocenters. The second-order valence-corrected chi connectivity index (χ2v) is 4.17. The minimum Gasteiger partial charge on any atom is -0.481 e. The first kappa shape index (κ1) is 13.7. The first-order valence-corrected chi connectivity index (χ1v) is 5.88. The van der Waals surface area contributed by atoms with Crippen molar-refractivity contribution in [2.24, 2.45) is 0 Å². The van der Waals surface area contributed by atoms with Crippen LogP contribution in [0.3, 0.4) is 0 Å². The molecule has 0 atom stereocenters. The number of aromatic nitrogens is 4. The molecule has 0 aliphatic carbocycles. The van der Waals surface area contributed by atoms with E-state index in [0.717, 1.165) is 5.69 Å². The zero-order valence-electron chi connectivity index (χ0n) is 10.8. The number of carboxylic acid groups (broad SMARTS) is 1. The molecule has 1 heterocycles. The fraction of sp³-hybridized carbons (Fsp3) is 0.250. The summed E-state index contributed by atoms with van der Waals surface area (Å²) in [5, 5.41) is 19.4. The Kier molecular flexibility index (Phi) is 4.04. The van der Waals surface area contributed by atoms with E-state index in [1.807, 2.05) is 0 Å². The van der Waals surface area contributed by atoms with Gasteiger partial charge in [0.2, 0.25) is 0 Å². The summed E-state index contributed by atoms with van der Waals surface area (Å²) in [6, 6.07) is 6.73. The molecule has 1 aromatic carbocycles. The second-order valence-electron chi connectivity index (χ2n) is 4.17. The van der Waals surface area contributed by atoms with E-state index in [1.54, 1.807) is 31.3 Å². The topological polar surface area (TPSA) is 101 Å². The highest BCUT2D eigenvalue weighted by molar-refractivity contribution is 5.94. The lowest BCUT2D eigenvalue weighted by Crippen LogP contribution is -2.29. The van der Waals surface area contributed by atoms with Gasteiger partial charge in [-0.3, -0.25) is 9.59 Å². The van der Waals surface area contributed by atoms with E-state index in [1.165, 1.54) is 15.9 Å². The van der Waals surface area contributed by atoms with Gasteiger partial charge in [0.1, 0.15) is 6.33 Å². The monoisotopic (exact) mass is 275 g/mol. The molecule has 104 valence electrons. The maximum Gasteiger partial charge on any atom is 0.305 e. The van der Waals surface area contributed by atoms with Crippen LogP contribution in [0.25, 0.3) is 5.69 Å². The number of amides is 1. The average Bonchev–Trinajstić information content (AvgIpc) is 2.98. The Labute approximate surface area is 114 Å². The van der Waals surface area contributed by atoms with E-state index < -0.39 is 5.97 Å². The van der Waals surface area contributed by atoms with Crippen molar-refractivity contribution in [2.75, 3.05) is 13.6 Å². The van der Waals surface area contributed by atoms with Crippen molar-refractivity contribution < 1.29 is 14.7 Å². The fourth-order valence-corrected chi connectivity index (χ4v) is 1.62. The number of hydrogen-bond donors (Lipinski definition) is 1. The molecule has 8 heteroatoms. The first-order valence-electron chi connectivity index (χ1n) is 5.88. The molecular weight excluding hydrogens is 262 g/mol. The lowest BCUT2D eigenvalue weighted by molar-refractivity contribution is -0.137. The predicted octanol–water partition coefficient (Wildman–Crippen LogP) is 0.209. The summed E-state index contributed by atoms with van der Waals surface area (Å²) < 4.78 is 1.47. The quantitative estimate of drug-likeness (QED) is 0.837. The van der Waals surface area contributed by atoms with Gasteiger partial charge in [0, 0.05) is 19.2 Å². The van der Waals surface area contributed by atoms with Gasteiger partial charge in [0.25, 0.3) is 5.91 Å². The molecule has 0 aliphatic heterocycles. The van der Waals surface area contributed by atoms with Crippen LogP contribution >= 0.6 is 0 Å². The molecule has 8 nitrogen and oxygen atoms in total. The standard InChI is InChI=1S/C12H13N5O3/c1-16(7-6-11(18)19)12(20)9-2-4-10(5-3-9)17-8-13-14-15-17/h2-5,8H,6-7H2,1H3,(H,18,19). The molecular formula is C12H13N5O3. The van der Waals surface area contributed by atoms with Gasteiger partial charge < -0.3 is 10.0 Å². The molecule has 0 fully saturated rings. The van der Waals surface area contributed by atoms with Crippen molar-refractivity contribution in [1.82, 2.24) is 25.1 Å². The summed E-state index contributed by atoms with van der Waals surface area (Å²) in [5.41, 5.74) is 1.22. The van der Waals surface area contributed by atoms with Crippen LogP contribution in [-0.2, 0) is 4.79 Å². The predicted molar refractivity (Wildman–Crippen MR) is 68.4 cm³/mol. The first-order chi connectivity index (χ1) is 9.58. The number of carbonyl (C=O) groups excluding carboxylic acids is 1. The van der Waals surface area contributed by atoms with E-state index in [2.05, 4.69) is 15.5 Å². The number of hydrogen-bond acceptors (Lipinski definition) is 5. The molecule has 0 saturated carbocycles. The van der Waals surface area contributed by atoms with Crippen LogP contribution in [0.1, 0.15) is 16.8 Å². The Morgan fingerprint density at radius 1 is 1.30 bits per heavy atom. The molecule has 1 amide bonds. The van der Waals surface area contributed by atoms with E-state index in [-0.39, 0.29) is 18.9 Å². The molecule has 0 spiro atoms. The zero-order chi connectivity index (χ0) is 14.5. The number of carbonyl (C=O) groups is 2. The van der Waals surface area contributed by atoms with Crippen molar-refractivity contribution in [1.29, 1.82) is 0 Å². The van der Waals surface area contributed by atoms with Crippen LogP contribution in [0, 0.1) is 0 Å². The largest absolute Gasteiger partial charge is 0.481 e. The Hall–Kier alpha value is -2.77. The van der Waals surface area contributed by atoms with Crippen LogP contribution in [0.4, 0.5) is 0 Å². The van der Waals surface area contributed by atoms with Crippen LogP contribution in [0.15, 0.2) is 30.6 Å². The normalized spacial score (nSPS) is 10.2. The van der Waals surface area contributed by atoms with Gasteiger partial charge in [-0.2, -0.15) is 0 Å². The van der Waals surface area contributed by atoms with Crippen LogP contribution in [0.2, 0.25) is 0 Å². The van der Waals surface area contributed by atoms with Crippen molar-refractivity contribution in [3.8, 4) is 5.69 Å². The minimum absolute atomic E-state index is 0.0784. The number of benzene rings is 1. The number of aliphatic carboxylic acids is 1. The molecule has 2 rings (SSSR count). The smallest absolute Gasteiger partial charge is 0.305 e. The van der Waals surface area contributed by atoms with Gasteiger partial charge in [-0.05, 0) is 34.7 Å². The lowest BCUT2D eigenvalue weighted by atomic mass is 10.2. The molecule has 2 aromatic rings. The van der Waals surface area contributed by atoms with Gasteiger partial charge in [0.05, 0.1) is 12.1 Å². The van der Waals surface area contributed by atoms with Crippen LogP contribution < -0.4 is 0 Å². The lowest BCUT2D eigenvalue weighted by Gasteiger charge is -2.16. The number of rotatable bonds is 5. The Bertz CT molecular complexity index is 594. The molecule has 0 aliphatic rings. The molecule has 20 heavy (non-hydrogen) atoms. The molecule has 0 bridgehead atoms. The van der Waals surface area contributed by atoms with E-state index in [9.17, 15) is 9.59 Å². The van der Waals surface area contributed by atoms with Gasteiger partial charge in [-0.25, -0.2) is 4.68 Å². The maximum absolute atomic E-state index is 12.0. The zero-order valence-corrected chi connectivity index (χ0v) is 10.8. The van der Waals surface area contributed by atoms with Crippen molar-refractivity contribution in [3.63, 3.8) is 0 Å². The number of carboxylic acids is 1. The second kappa shape index (κ2) is 5.91. The Balaban J connectivity index is 2.06. The van der Waals surface area contributed by atoms with Gasteiger partial charge in [-0.1, -0.05) is 0 Å². The Morgan fingerprint density at radius 2 is 2.00 bits per heavy atom. The molecule has 1 aromatic heterocycles. The third-order valence-corrected chi connectivity index (χ3v) is 2.74. The van der Waals surface area contributed by atoms with Crippen molar-refractivity contribution >= 4 is 11.9 Å². The molecule has 0 saturated heterocycles. The summed E-state index contributed by atoms with van der Waals surface area (Å²) in [6.45, 7) is 0.170. The summed E-state index contributed by atoms with van der Waals surface area (Å²) in [6.07, 6.45) is 1.38. The number of tetrazole rings is 1. The highest BCUT2D eigenvalue weighted by Gasteiger charge is 2.12. The number of nitrogens with zero attached hydrogens (tertiary/aromatic N) is 5. The van der Waals surface area contributed by atoms with Crippen molar-refractivity contribution in [3.05, 3.63) is 36.2 Å². The van der Waals surface area contributed by atoms with E-state index >= 15 is 0 Å². The minimum atomic E-state index is -0.932. The maximum atomic E-state index is 12.0. The third-order valence-electron chi connectivity index (χ3n) is 2.74. The fourth-order valence-electron chi connectivity index (χ4n) is 1.62. The van der Waals surface area contributed by atoms with Gasteiger partial charge in [0.15, 0.2) is 0 Å². The van der Waals surface area contributed by atoms with Crippen molar-refractivity contribution in [2.45, 2.75) is 6.42 Å². The van der Waals surface area contributed by atoms with Crippen LogP contribution in [0.5, 0.6) is 0 Å². The van der Waals surface area contributed by atoms with Gasteiger partial charge in [-0.15, -0.1) is 5.10 Å². The van der Waals surface area contributed by atoms with E-state index in [0.29, 0.717) is 5.56 Å².